The number of benzene rings is 1. The summed E-state index contributed by atoms with van der Waals surface area (Å²) in [5.41, 5.74) is 2.39. The Morgan fingerprint density at radius 1 is 1.35 bits per heavy atom. The molecule has 23 heavy (non-hydrogen) atoms. The van der Waals surface area contributed by atoms with Crippen LogP contribution in [0.25, 0.3) is 0 Å². The molecule has 0 amide bonds. The van der Waals surface area contributed by atoms with Crippen LogP contribution in [0.3, 0.4) is 0 Å². The molecule has 0 saturated heterocycles. The van der Waals surface area contributed by atoms with Crippen LogP contribution in [0, 0.1) is 0 Å². The Balaban J connectivity index is 1.93. The van der Waals surface area contributed by atoms with Gasteiger partial charge in [-0.2, -0.15) is 0 Å². The van der Waals surface area contributed by atoms with E-state index in [-0.39, 0.29) is 5.56 Å². The van der Waals surface area contributed by atoms with Gasteiger partial charge >= 0.3 is 0 Å². The fraction of sp³-hybridized carbons (Fsp3) is 0.444. The number of fused-ring (bicyclic) bond motifs is 1. The van der Waals surface area contributed by atoms with Gasteiger partial charge in [0.25, 0.3) is 5.56 Å². The van der Waals surface area contributed by atoms with Crippen molar-refractivity contribution < 1.29 is 0 Å². The van der Waals surface area contributed by atoms with Crippen molar-refractivity contribution in [3.63, 3.8) is 0 Å². The van der Waals surface area contributed by atoms with E-state index >= 15 is 0 Å². The number of nitrogens with zero attached hydrogens (tertiary/aromatic N) is 2. The van der Waals surface area contributed by atoms with Crippen LogP contribution in [-0.4, -0.2) is 20.1 Å². The Labute approximate surface area is 145 Å². The maximum Gasteiger partial charge on any atom is 0.268 e. The van der Waals surface area contributed by atoms with Crippen LogP contribution in [0.2, 0.25) is 0 Å². The molecule has 0 fully saturated rings. The third-order valence-corrected chi connectivity index (χ3v) is 5.98. The van der Waals surface area contributed by atoms with Crippen molar-refractivity contribution in [2.24, 2.45) is 0 Å². The summed E-state index contributed by atoms with van der Waals surface area (Å²) in [4.78, 5) is 18.6. The van der Waals surface area contributed by atoms with E-state index < -0.39 is 0 Å². The standard InChI is InChI=1S/C18H22N2OS2/c1-12(2)22-18-19-15-11-13(3)23-16(15)17(21)20(18)10-9-14-7-5-4-6-8-14/h4-8,12-13H,9-11H2,1-3H3/t13-/m1/s1. The summed E-state index contributed by atoms with van der Waals surface area (Å²) in [7, 11) is 0. The summed E-state index contributed by atoms with van der Waals surface area (Å²) in [5, 5.41) is 1.73. The number of aromatic nitrogens is 2. The summed E-state index contributed by atoms with van der Waals surface area (Å²) >= 11 is 3.36. The molecule has 3 rings (SSSR count). The highest BCUT2D eigenvalue weighted by Gasteiger charge is 2.26. The molecule has 0 unspecified atom stereocenters. The number of rotatable bonds is 5. The summed E-state index contributed by atoms with van der Waals surface area (Å²) in [6, 6.07) is 10.3. The van der Waals surface area contributed by atoms with Gasteiger partial charge in [-0.25, -0.2) is 4.98 Å². The first kappa shape index (κ1) is 16.7. The molecular formula is C18H22N2OS2. The molecule has 3 nitrogen and oxygen atoms in total. The van der Waals surface area contributed by atoms with E-state index in [0.29, 0.717) is 17.0 Å². The minimum absolute atomic E-state index is 0.142. The number of thioether (sulfide) groups is 2. The van der Waals surface area contributed by atoms with Crippen molar-refractivity contribution in [2.75, 3.05) is 0 Å². The summed E-state index contributed by atoms with van der Waals surface area (Å²) in [6.45, 7) is 7.13. The minimum atomic E-state index is 0.142. The largest absolute Gasteiger partial charge is 0.286 e. The van der Waals surface area contributed by atoms with Crippen molar-refractivity contribution in [3.8, 4) is 0 Å². The van der Waals surface area contributed by atoms with Crippen LogP contribution >= 0.6 is 23.5 Å². The quantitative estimate of drug-likeness (QED) is 0.605. The molecule has 2 aromatic rings. The highest BCUT2D eigenvalue weighted by molar-refractivity contribution is 8.00. The van der Waals surface area contributed by atoms with Crippen molar-refractivity contribution in [1.82, 2.24) is 9.55 Å². The normalized spacial score (nSPS) is 16.8. The van der Waals surface area contributed by atoms with E-state index in [2.05, 4.69) is 32.9 Å². The van der Waals surface area contributed by atoms with Gasteiger partial charge in [0.2, 0.25) is 0 Å². The topological polar surface area (TPSA) is 34.9 Å². The minimum Gasteiger partial charge on any atom is -0.286 e. The molecule has 0 N–H and O–H groups in total. The monoisotopic (exact) mass is 346 g/mol. The predicted octanol–water partition coefficient (Wildman–Crippen LogP) is 4.02. The lowest BCUT2D eigenvalue weighted by molar-refractivity contribution is 0.564. The van der Waals surface area contributed by atoms with Gasteiger partial charge in [-0.15, -0.1) is 11.8 Å². The lowest BCUT2D eigenvalue weighted by Gasteiger charge is -2.15. The molecule has 0 bridgehead atoms. The third-order valence-electron chi connectivity index (χ3n) is 3.77. The van der Waals surface area contributed by atoms with Gasteiger partial charge < -0.3 is 0 Å². The molecule has 0 spiro atoms. The third kappa shape index (κ3) is 3.83. The highest BCUT2D eigenvalue weighted by Crippen LogP contribution is 2.34. The smallest absolute Gasteiger partial charge is 0.268 e. The number of hydrogen-bond acceptors (Lipinski definition) is 4. The first-order valence-corrected chi connectivity index (χ1v) is 9.81. The van der Waals surface area contributed by atoms with Crippen LogP contribution in [0.15, 0.2) is 45.2 Å². The van der Waals surface area contributed by atoms with Crippen molar-refractivity contribution >= 4 is 23.5 Å². The van der Waals surface area contributed by atoms with Crippen LogP contribution in [0.4, 0.5) is 0 Å². The molecular weight excluding hydrogens is 324 g/mol. The van der Waals surface area contributed by atoms with Crippen molar-refractivity contribution in [1.29, 1.82) is 0 Å². The van der Waals surface area contributed by atoms with Crippen LogP contribution in [-0.2, 0) is 19.4 Å². The molecule has 1 aromatic heterocycles. The van der Waals surface area contributed by atoms with E-state index in [1.165, 1.54) is 5.56 Å². The lowest BCUT2D eigenvalue weighted by Crippen LogP contribution is -2.26. The van der Waals surface area contributed by atoms with Gasteiger partial charge in [-0.05, 0) is 12.0 Å². The molecule has 1 atom stereocenters. The van der Waals surface area contributed by atoms with E-state index in [1.54, 1.807) is 23.5 Å². The second-order valence-corrected chi connectivity index (χ2v) is 9.15. The number of aryl methyl sites for hydroxylation is 1. The van der Waals surface area contributed by atoms with Crippen molar-refractivity contribution in [3.05, 3.63) is 51.9 Å². The first-order chi connectivity index (χ1) is 11.0. The zero-order chi connectivity index (χ0) is 16.4. The lowest BCUT2D eigenvalue weighted by atomic mass is 10.1. The predicted molar refractivity (Wildman–Crippen MR) is 98.7 cm³/mol. The van der Waals surface area contributed by atoms with Crippen molar-refractivity contribution in [2.45, 2.75) is 60.7 Å². The van der Waals surface area contributed by atoms with Crippen LogP contribution < -0.4 is 5.56 Å². The number of hydrogen-bond donors (Lipinski definition) is 0. The Bertz CT molecular complexity index is 741. The van der Waals surface area contributed by atoms with Gasteiger partial charge in [0, 0.05) is 23.5 Å². The summed E-state index contributed by atoms with van der Waals surface area (Å²) in [6.07, 6.45) is 1.76. The SMILES string of the molecule is CC(C)Sc1nc2c(c(=O)n1CCc1ccccc1)S[C@H](C)C2. The molecule has 5 heteroatoms. The molecule has 1 aromatic carbocycles. The van der Waals surface area contributed by atoms with E-state index in [4.69, 9.17) is 4.98 Å². The zero-order valence-electron chi connectivity index (χ0n) is 13.8. The van der Waals surface area contributed by atoms with Crippen LogP contribution in [0.1, 0.15) is 32.0 Å². The second-order valence-electron chi connectivity index (χ2n) is 6.16. The van der Waals surface area contributed by atoms with E-state index in [1.807, 2.05) is 22.8 Å². The fourth-order valence-electron chi connectivity index (χ4n) is 2.71. The molecule has 2 heterocycles. The summed E-state index contributed by atoms with van der Waals surface area (Å²) < 4.78 is 1.88. The molecule has 1 aliphatic heterocycles. The van der Waals surface area contributed by atoms with Gasteiger partial charge in [0.1, 0.15) is 0 Å². The Kier molecular flexibility index (Phi) is 5.17. The molecule has 0 aliphatic carbocycles. The maximum absolute atomic E-state index is 12.9. The fourth-order valence-corrected chi connectivity index (χ4v) is 4.72. The van der Waals surface area contributed by atoms with Gasteiger partial charge in [0.15, 0.2) is 5.16 Å². The van der Waals surface area contributed by atoms with Gasteiger partial charge in [-0.3, -0.25) is 9.36 Å². The molecule has 122 valence electrons. The van der Waals surface area contributed by atoms with Gasteiger partial charge in [0.05, 0.1) is 10.6 Å². The average Bonchev–Trinajstić information content (AvgIpc) is 2.88. The Morgan fingerprint density at radius 3 is 2.78 bits per heavy atom. The Morgan fingerprint density at radius 2 is 2.09 bits per heavy atom. The maximum atomic E-state index is 12.9. The second kappa shape index (κ2) is 7.14. The Hall–Kier alpha value is -1.20. The molecule has 0 radical (unpaired) electrons. The molecule has 0 saturated carbocycles. The highest BCUT2D eigenvalue weighted by atomic mass is 32.2. The molecule has 1 aliphatic rings. The zero-order valence-corrected chi connectivity index (χ0v) is 15.4. The summed E-state index contributed by atoms with van der Waals surface area (Å²) in [5.74, 6) is 0. The van der Waals surface area contributed by atoms with Crippen LogP contribution in [0.5, 0.6) is 0 Å². The average molecular weight is 347 g/mol. The van der Waals surface area contributed by atoms with E-state index in [9.17, 15) is 4.79 Å². The first-order valence-electron chi connectivity index (χ1n) is 8.05. The van der Waals surface area contributed by atoms with E-state index in [0.717, 1.165) is 28.6 Å². The van der Waals surface area contributed by atoms with Gasteiger partial charge in [-0.1, -0.05) is 62.9 Å².